The Morgan fingerprint density at radius 3 is 2.72 bits per heavy atom. The summed E-state index contributed by atoms with van der Waals surface area (Å²) >= 11 is 1.67. The lowest BCUT2D eigenvalue weighted by Gasteiger charge is -2.16. The number of aromatic amines is 1. The van der Waals surface area contributed by atoms with Crippen LogP contribution in [0.25, 0.3) is 10.9 Å². The molecular weight excluding hydrogens is 376 g/mol. The molecule has 0 aliphatic heterocycles. The first-order valence-electron chi connectivity index (χ1n) is 10.0. The average Bonchev–Trinajstić information content (AvgIpc) is 3.39. The molecule has 2 aromatic heterocycles. The number of benzene rings is 2. The van der Waals surface area contributed by atoms with Crippen LogP contribution in [0.3, 0.4) is 0 Å². The van der Waals surface area contributed by atoms with Gasteiger partial charge in [-0.3, -0.25) is 4.79 Å². The van der Waals surface area contributed by atoms with Crippen molar-refractivity contribution in [2.75, 3.05) is 5.32 Å². The van der Waals surface area contributed by atoms with Crippen LogP contribution in [-0.4, -0.2) is 10.9 Å². The van der Waals surface area contributed by atoms with E-state index in [-0.39, 0.29) is 11.8 Å². The normalized spacial score (nSPS) is 12.2. The molecule has 2 N–H and O–H groups in total. The molecule has 29 heavy (non-hydrogen) atoms. The molecule has 0 aliphatic rings. The minimum Gasteiger partial charge on any atom is -0.361 e. The Hall–Kier alpha value is -2.85. The molecule has 0 spiro atoms. The van der Waals surface area contributed by atoms with Crippen molar-refractivity contribution in [2.45, 2.75) is 39.5 Å². The van der Waals surface area contributed by atoms with Gasteiger partial charge in [0.15, 0.2) is 0 Å². The zero-order valence-electron chi connectivity index (χ0n) is 17.1. The van der Waals surface area contributed by atoms with E-state index in [0.29, 0.717) is 6.42 Å². The van der Waals surface area contributed by atoms with Crippen molar-refractivity contribution in [3.8, 4) is 0 Å². The van der Waals surface area contributed by atoms with Crippen LogP contribution in [0.4, 0.5) is 5.69 Å². The summed E-state index contributed by atoms with van der Waals surface area (Å²) in [7, 11) is 0. The fourth-order valence-corrected chi connectivity index (χ4v) is 4.63. The molecule has 0 saturated heterocycles. The van der Waals surface area contributed by atoms with E-state index < -0.39 is 0 Å². The smallest absolute Gasteiger partial charge is 0.225 e. The number of hydrogen-bond acceptors (Lipinski definition) is 2. The number of amides is 1. The van der Waals surface area contributed by atoms with E-state index in [1.165, 1.54) is 38.7 Å². The summed E-state index contributed by atoms with van der Waals surface area (Å²) in [6.07, 6.45) is 3.47. The largest absolute Gasteiger partial charge is 0.361 e. The van der Waals surface area contributed by atoms with Gasteiger partial charge in [0.1, 0.15) is 0 Å². The molecule has 4 rings (SSSR count). The third kappa shape index (κ3) is 3.99. The second-order valence-corrected chi connectivity index (χ2v) is 8.38. The lowest BCUT2D eigenvalue weighted by molar-refractivity contribution is -0.116. The first kappa shape index (κ1) is 19.5. The maximum Gasteiger partial charge on any atom is 0.225 e. The number of thiophene rings is 1. The number of anilines is 1. The van der Waals surface area contributed by atoms with Crippen LogP contribution in [0, 0.1) is 13.8 Å². The fraction of sp³-hybridized carbons (Fsp3) is 0.240. The highest BCUT2D eigenvalue weighted by Crippen LogP contribution is 2.35. The summed E-state index contributed by atoms with van der Waals surface area (Å²) in [5.41, 5.74) is 8.12. The van der Waals surface area contributed by atoms with Crippen LogP contribution >= 0.6 is 11.3 Å². The number of aryl methyl sites for hydroxylation is 3. The molecule has 4 heteroatoms. The molecule has 0 radical (unpaired) electrons. The SMILES string of the molecule is CCc1cccc2c(C(CC(=O)Nc3ccc(C)c(C)c3)c3ccsc3)c[nH]c12. The van der Waals surface area contributed by atoms with E-state index in [0.717, 1.165) is 12.1 Å². The Morgan fingerprint density at radius 1 is 1.14 bits per heavy atom. The minimum absolute atomic E-state index is 0.0219. The summed E-state index contributed by atoms with van der Waals surface area (Å²) in [5, 5.41) is 8.53. The molecule has 3 nitrogen and oxygen atoms in total. The quantitative estimate of drug-likeness (QED) is 0.376. The molecule has 0 saturated carbocycles. The summed E-state index contributed by atoms with van der Waals surface area (Å²) in [4.78, 5) is 16.4. The number of aromatic nitrogens is 1. The fourth-order valence-electron chi connectivity index (χ4n) is 3.92. The van der Waals surface area contributed by atoms with Crippen molar-refractivity contribution in [1.82, 2.24) is 4.98 Å². The molecule has 1 atom stereocenters. The maximum atomic E-state index is 13.0. The van der Waals surface area contributed by atoms with Gasteiger partial charge in [0.25, 0.3) is 0 Å². The second-order valence-electron chi connectivity index (χ2n) is 7.60. The molecule has 0 bridgehead atoms. The molecule has 1 amide bonds. The summed E-state index contributed by atoms with van der Waals surface area (Å²) in [6, 6.07) is 14.6. The summed E-state index contributed by atoms with van der Waals surface area (Å²) in [5.74, 6) is 0.0547. The van der Waals surface area contributed by atoms with Gasteiger partial charge >= 0.3 is 0 Å². The maximum absolute atomic E-state index is 13.0. The molecule has 0 aliphatic carbocycles. The van der Waals surface area contributed by atoms with Gasteiger partial charge in [-0.1, -0.05) is 31.2 Å². The van der Waals surface area contributed by atoms with Crippen LogP contribution in [-0.2, 0) is 11.2 Å². The Kier molecular flexibility index (Phi) is 5.54. The van der Waals surface area contributed by atoms with Crippen molar-refractivity contribution >= 4 is 33.8 Å². The number of H-pyrrole nitrogens is 1. The Balaban J connectivity index is 1.65. The van der Waals surface area contributed by atoms with E-state index in [2.05, 4.69) is 72.3 Å². The third-order valence-corrected chi connectivity index (χ3v) is 6.42. The third-order valence-electron chi connectivity index (χ3n) is 5.72. The first-order valence-corrected chi connectivity index (χ1v) is 11.0. The van der Waals surface area contributed by atoms with Crippen molar-refractivity contribution < 1.29 is 4.79 Å². The van der Waals surface area contributed by atoms with E-state index in [9.17, 15) is 4.79 Å². The van der Waals surface area contributed by atoms with E-state index in [1.807, 2.05) is 18.2 Å². The van der Waals surface area contributed by atoms with Gasteiger partial charge in [0.2, 0.25) is 5.91 Å². The molecule has 2 aromatic carbocycles. The number of carbonyl (C=O) groups excluding carboxylic acids is 1. The van der Waals surface area contributed by atoms with Crippen LogP contribution in [0.1, 0.15) is 47.1 Å². The Morgan fingerprint density at radius 2 is 2.00 bits per heavy atom. The van der Waals surface area contributed by atoms with Gasteiger partial charge in [-0.05, 0) is 77.0 Å². The topological polar surface area (TPSA) is 44.9 Å². The van der Waals surface area contributed by atoms with Crippen molar-refractivity contribution in [3.05, 3.63) is 87.2 Å². The highest BCUT2D eigenvalue weighted by atomic mass is 32.1. The number of para-hydroxylation sites is 1. The van der Waals surface area contributed by atoms with Gasteiger partial charge in [0.05, 0.1) is 0 Å². The van der Waals surface area contributed by atoms with Gasteiger partial charge in [-0.15, -0.1) is 0 Å². The monoisotopic (exact) mass is 402 g/mol. The Bertz CT molecular complexity index is 1140. The lowest BCUT2D eigenvalue weighted by Crippen LogP contribution is -2.16. The minimum atomic E-state index is 0.0219. The highest BCUT2D eigenvalue weighted by molar-refractivity contribution is 7.08. The van der Waals surface area contributed by atoms with Crippen LogP contribution < -0.4 is 5.32 Å². The predicted octanol–water partition coefficient (Wildman–Crippen LogP) is 6.57. The Labute approximate surface area is 175 Å². The number of carbonyl (C=O) groups is 1. The number of fused-ring (bicyclic) bond motifs is 1. The lowest BCUT2D eigenvalue weighted by atomic mass is 9.89. The van der Waals surface area contributed by atoms with Crippen molar-refractivity contribution in [2.24, 2.45) is 0 Å². The number of rotatable bonds is 6. The van der Waals surface area contributed by atoms with Gasteiger partial charge in [-0.2, -0.15) is 11.3 Å². The van der Waals surface area contributed by atoms with Gasteiger partial charge in [0, 0.05) is 35.1 Å². The molecule has 0 fully saturated rings. The van der Waals surface area contributed by atoms with E-state index >= 15 is 0 Å². The van der Waals surface area contributed by atoms with E-state index in [1.54, 1.807) is 11.3 Å². The van der Waals surface area contributed by atoms with Crippen LogP contribution in [0.2, 0.25) is 0 Å². The molecule has 148 valence electrons. The summed E-state index contributed by atoms with van der Waals surface area (Å²) < 4.78 is 0. The van der Waals surface area contributed by atoms with Gasteiger partial charge < -0.3 is 10.3 Å². The molecule has 2 heterocycles. The van der Waals surface area contributed by atoms with Gasteiger partial charge in [-0.25, -0.2) is 0 Å². The number of nitrogens with one attached hydrogen (secondary N) is 2. The van der Waals surface area contributed by atoms with E-state index in [4.69, 9.17) is 0 Å². The zero-order chi connectivity index (χ0) is 20.4. The zero-order valence-corrected chi connectivity index (χ0v) is 17.9. The number of hydrogen-bond donors (Lipinski definition) is 2. The predicted molar refractivity (Wildman–Crippen MR) is 123 cm³/mol. The molecule has 4 aromatic rings. The standard InChI is InChI=1S/C25H26N2OS/c1-4-18-6-5-7-21-23(14-26-25(18)21)22(19-10-11-29-15-19)13-24(28)27-20-9-8-16(2)17(3)12-20/h5-12,14-15,22,26H,4,13H2,1-3H3,(H,27,28). The second kappa shape index (κ2) is 8.26. The van der Waals surface area contributed by atoms with Crippen molar-refractivity contribution in [1.29, 1.82) is 0 Å². The van der Waals surface area contributed by atoms with Crippen LogP contribution in [0.5, 0.6) is 0 Å². The molecule has 1 unspecified atom stereocenters. The first-order chi connectivity index (χ1) is 14.1. The summed E-state index contributed by atoms with van der Waals surface area (Å²) in [6.45, 7) is 6.31. The average molecular weight is 403 g/mol. The van der Waals surface area contributed by atoms with Crippen molar-refractivity contribution in [3.63, 3.8) is 0 Å². The highest BCUT2D eigenvalue weighted by Gasteiger charge is 2.22. The van der Waals surface area contributed by atoms with Crippen LogP contribution in [0.15, 0.2) is 59.4 Å². The molecular formula is C25H26N2OS.